The number of nitrogens with one attached hydrogen (secondary N) is 1. The predicted molar refractivity (Wildman–Crippen MR) is 121 cm³/mol. The molecule has 1 amide bonds. The number of amides is 1. The Kier molecular flexibility index (Phi) is 7.15. The molecule has 0 spiro atoms. The molecule has 1 atom stereocenters. The lowest BCUT2D eigenvalue weighted by Crippen LogP contribution is -2.16. The maximum absolute atomic E-state index is 12.4. The van der Waals surface area contributed by atoms with Gasteiger partial charge in [-0.2, -0.15) is 0 Å². The van der Waals surface area contributed by atoms with Crippen molar-refractivity contribution in [3.05, 3.63) is 65.0 Å². The number of hydrogen-bond acceptors (Lipinski definition) is 5. The number of carbonyl (C=O) groups is 1. The van der Waals surface area contributed by atoms with Crippen LogP contribution in [0.3, 0.4) is 0 Å². The van der Waals surface area contributed by atoms with Crippen LogP contribution in [0.2, 0.25) is 0 Å². The fraction of sp³-hybridized carbons (Fsp3) is 0.348. The van der Waals surface area contributed by atoms with Gasteiger partial charge in [-0.25, -0.2) is 0 Å². The quantitative estimate of drug-likeness (QED) is 0.510. The van der Waals surface area contributed by atoms with Crippen LogP contribution in [0.5, 0.6) is 5.75 Å². The zero-order valence-corrected chi connectivity index (χ0v) is 18.9. The lowest BCUT2D eigenvalue weighted by Gasteiger charge is -2.16. The number of rotatable bonds is 8. The largest absolute Gasteiger partial charge is 0.483 e. The maximum atomic E-state index is 12.4. The summed E-state index contributed by atoms with van der Waals surface area (Å²) in [6.07, 6.45) is -0.252. The van der Waals surface area contributed by atoms with Crippen LogP contribution in [0.25, 0.3) is 0 Å². The highest BCUT2D eigenvalue weighted by atomic mass is 32.2. The maximum Gasteiger partial charge on any atom is 0.234 e. The molecule has 1 heterocycles. The molecule has 30 heavy (non-hydrogen) atoms. The van der Waals surface area contributed by atoms with Crippen LogP contribution in [0.1, 0.15) is 42.5 Å². The van der Waals surface area contributed by atoms with Crippen LogP contribution in [-0.4, -0.2) is 26.4 Å². The lowest BCUT2D eigenvalue weighted by molar-refractivity contribution is -0.113. The Morgan fingerprint density at radius 2 is 1.90 bits per heavy atom. The Hall–Kier alpha value is -2.80. The molecule has 0 saturated carbocycles. The molecule has 7 heteroatoms. The first-order valence-corrected chi connectivity index (χ1v) is 11.0. The van der Waals surface area contributed by atoms with E-state index in [1.165, 1.54) is 17.3 Å². The third-order valence-electron chi connectivity index (χ3n) is 4.72. The number of carbonyl (C=O) groups excluding carboxylic acids is 1. The summed E-state index contributed by atoms with van der Waals surface area (Å²) in [5.74, 6) is 1.74. The molecule has 0 saturated heterocycles. The van der Waals surface area contributed by atoms with Crippen LogP contribution >= 0.6 is 11.8 Å². The summed E-state index contributed by atoms with van der Waals surface area (Å²) < 4.78 is 8.05. The van der Waals surface area contributed by atoms with Crippen molar-refractivity contribution in [2.45, 2.75) is 52.4 Å². The number of nitrogens with zero attached hydrogens (tertiary/aromatic N) is 3. The molecule has 1 unspecified atom stereocenters. The normalized spacial score (nSPS) is 11.9. The Morgan fingerprint density at radius 3 is 2.60 bits per heavy atom. The predicted octanol–water partition coefficient (Wildman–Crippen LogP) is 5.09. The van der Waals surface area contributed by atoms with E-state index in [0.29, 0.717) is 11.7 Å². The summed E-state index contributed by atoms with van der Waals surface area (Å²) in [7, 11) is 0. The second kappa shape index (κ2) is 9.80. The number of ether oxygens (including phenoxy) is 1. The average Bonchev–Trinajstić information content (AvgIpc) is 3.11. The van der Waals surface area contributed by atoms with Crippen LogP contribution < -0.4 is 10.1 Å². The van der Waals surface area contributed by atoms with Crippen LogP contribution in [-0.2, 0) is 11.3 Å². The first-order valence-electron chi connectivity index (χ1n) is 10.0. The third-order valence-corrected chi connectivity index (χ3v) is 5.68. The number of thioether (sulfide) groups is 1. The summed E-state index contributed by atoms with van der Waals surface area (Å²) in [6.45, 7) is 10.7. The smallest absolute Gasteiger partial charge is 0.234 e. The van der Waals surface area contributed by atoms with E-state index in [-0.39, 0.29) is 17.8 Å². The van der Waals surface area contributed by atoms with Crippen molar-refractivity contribution in [1.29, 1.82) is 0 Å². The van der Waals surface area contributed by atoms with E-state index in [1.807, 2.05) is 75.6 Å². The molecule has 0 radical (unpaired) electrons. The SMILES string of the molecule is CCn1c(SCC(=O)Nc2ccc(C)cc2C)nnc1C(C)Oc1cccc(C)c1. The standard InChI is InChI=1S/C23H28N4O2S/c1-6-27-22(18(5)29-19-9-7-8-15(2)13-19)25-26-23(27)30-14-21(28)24-20-11-10-16(3)12-17(20)4/h7-13,18H,6,14H2,1-5H3,(H,24,28). The second-order valence-electron chi connectivity index (χ2n) is 7.32. The Balaban J connectivity index is 1.64. The molecule has 0 bridgehead atoms. The summed E-state index contributed by atoms with van der Waals surface area (Å²) in [4.78, 5) is 12.4. The fourth-order valence-electron chi connectivity index (χ4n) is 3.22. The van der Waals surface area contributed by atoms with Gasteiger partial charge in [0.25, 0.3) is 0 Å². The van der Waals surface area contributed by atoms with Crippen molar-refractivity contribution >= 4 is 23.4 Å². The summed E-state index contributed by atoms with van der Waals surface area (Å²) in [5, 5.41) is 12.3. The molecule has 3 rings (SSSR count). The Labute approximate surface area is 182 Å². The Morgan fingerprint density at radius 1 is 1.13 bits per heavy atom. The van der Waals surface area contributed by atoms with Crippen molar-refractivity contribution in [1.82, 2.24) is 14.8 Å². The Bertz CT molecular complexity index is 1030. The molecule has 1 aromatic heterocycles. The van der Waals surface area contributed by atoms with Gasteiger partial charge in [-0.3, -0.25) is 4.79 Å². The number of aromatic nitrogens is 3. The number of aryl methyl sites for hydroxylation is 3. The number of anilines is 1. The van der Waals surface area contributed by atoms with Crippen molar-refractivity contribution in [3.63, 3.8) is 0 Å². The minimum Gasteiger partial charge on any atom is -0.483 e. The fourth-order valence-corrected chi connectivity index (χ4v) is 4.03. The van der Waals surface area contributed by atoms with Gasteiger partial charge < -0.3 is 14.6 Å². The first kappa shape index (κ1) is 21.9. The molecular weight excluding hydrogens is 396 g/mol. The minimum atomic E-state index is -0.252. The van der Waals surface area contributed by atoms with Gasteiger partial charge in [0.05, 0.1) is 5.75 Å². The van der Waals surface area contributed by atoms with E-state index in [2.05, 4.69) is 21.6 Å². The highest BCUT2D eigenvalue weighted by Crippen LogP contribution is 2.25. The number of hydrogen-bond donors (Lipinski definition) is 1. The molecule has 0 aliphatic heterocycles. The summed E-state index contributed by atoms with van der Waals surface area (Å²) >= 11 is 1.38. The molecule has 0 fully saturated rings. The van der Waals surface area contributed by atoms with E-state index in [1.54, 1.807) is 0 Å². The van der Waals surface area contributed by atoms with Gasteiger partial charge in [-0.05, 0) is 63.9 Å². The van der Waals surface area contributed by atoms with Crippen molar-refractivity contribution in [2.24, 2.45) is 0 Å². The topological polar surface area (TPSA) is 69.0 Å². The molecule has 1 N–H and O–H groups in total. The van der Waals surface area contributed by atoms with Crippen molar-refractivity contribution in [3.8, 4) is 5.75 Å². The van der Waals surface area contributed by atoms with Crippen molar-refractivity contribution < 1.29 is 9.53 Å². The third kappa shape index (κ3) is 5.42. The van der Waals surface area contributed by atoms with Crippen LogP contribution in [0.4, 0.5) is 5.69 Å². The molecule has 0 aliphatic rings. The van der Waals surface area contributed by atoms with Gasteiger partial charge >= 0.3 is 0 Å². The van der Waals surface area contributed by atoms with Crippen molar-refractivity contribution in [2.75, 3.05) is 11.1 Å². The van der Waals surface area contributed by atoms with Crippen LogP contribution in [0.15, 0.2) is 47.6 Å². The summed E-state index contributed by atoms with van der Waals surface area (Å²) in [5.41, 5.74) is 4.20. The molecule has 3 aromatic rings. The molecule has 6 nitrogen and oxygen atoms in total. The van der Waals surface area contributed by atoms with E-state index in [0.717, 1.165) is 28.4 Å². The molecular formula is C23H28N4O2S. The van der Waals surface area contributed by atoms with Gasteiger partial charge in [0.1, 0.15) is 5.75 Å². The van der Waals surface area contributed by atoms with E-state index < -0.39 is 0 Å². The van der Waals surface area contributed by atoms with Gasteiger partial charge in [0, 0.05) is 12.2 Å². The molecule has 2 aromatic carbocycles. The molecule has 0 aliphatic carbocycles. The van der Waals surface area contributed by atoms with Gasteiger partial charge in [0.15, 0.2) is 17.1 Å². The van der Waals surface area contributed by atoms with E-state index in [9.17, 15) is 4.79 Å². The zero-order valence-electron chi connectivity index (χ0n) is 18.1. The van der Waals surface area contributed by atoms with E-state index >= 15 is 0 Å². The van der Waals surface area contributed by atoms with Gasteiger partial charge in [-0.15, -0.1) is 10.2 Å². The second-order valence-corrected chi connectivity index (χ2v) is 8.26. The molecule has 158 valence electrons. The zero-order chi connectivity index (χ0) is 21.7. The van der Waals surface area contributed by atoms with E-state index in [4.69, 9.17) is 4.74 Å². The lowest BCUT2D eigenvalue weighted by atomic mass is 10.1. The minimum absolute atomic E-state index is 0.0665. The monoisotopic (exact) mass is 424 g/mol. The summed E-state index contributed by atoms with van der Waals surface area (Å²) in [6, 6.07) is 13.9. The first-order chi connectivity index (χ1) is 14.4. The highest BCUT2D eigenvalue weighted by Gasteiger charge is 2.19. The van der Waals surface area contributed by atoms with Gasteiger partial charge in [0.2, 0.25) is 5.91 Å². The van der Waals surface area contributed by atoms with Gasteiger partial charge in [-0.1, -0.05) is 41.6 Å². The number of benzene rings is 2. The average molecular weight is 425 g/mol. The van der Waals surface area contributed by atoms with Crippen LogP contribution in [0, 0.1) is 20.8 Å². The highest BCUT2D eigenvalue weighted by molar-refractivity contribution is 7.99.